The largest absolute Gasteiger partial charge is 0.508 e. The summed E-state index contributed by atoms with van der Waals surface area (Å²) in [5.41, 5.74) is 0.806. The predicted octanol–water partition coefficient (Wildman–Crippen LogP) is 5.08. The standard InChI is InChI=1S/C25H27ClF3N3O2/c26-21-10-20(33)4-3-15(21)12-30-19-9-17-2-1-6-24(17,11-19)23(34)32-7-5-22-16(14-32)8-18(13-31-22)25(27,28)29/h3-4,8,10,13,17,19,30,33H,1-2,5-7,9,11-12,14H2. The third-order valence-corrected chi connectivity index (χ3v) is 8.19. The molecule has 1 aromatic heterocycles. The Morgan fingerprint density at radius 1 is 1.32 bits per heavy atom. The van der Waals surface area contributed by atoms with Crippen molar-refractivity contribution in [1.82, 2.24) is 15.2 Å². The van der Waals surface area contributed by atoms with Crippen LogP contribution in [0.4, 0.5) is 13.2 Å². The number of phenolic OH excluding ortho intramolecular Hbond substituents is 1. The van der Waals surface area contributed by atoms with E-state index in [9.17, 15) is 23.1 Å². The molecule has 0 saturated heterocycles. The normalized spacial score (nSPS) is 26.4. The van der Waals surface area contributed by atoms with Gasteiger partial charge in [0.1, 0.15) is 5.75 Å². The average molecular weight is 494 g/mol. The van der Waals surface area contributed by atoms with E-state index in [-0.39, 0.29) is 30.2 Å². The van der Waals surface area contributed by atoms with E-state index in [1.807, 2.05) is 0 Å². The summed E-state index contributed by atoms with van der Waals surface area (Å²) in [5, 5.41) is 13.6. The number of amides is 1. The number of alkyl halides is 3. The molecule has 3 aliphatic rings. The smallest absolute Gasteiger partial charge is 0.417 e. The second-order valence-electron chi connectivity index (χ2n) is 9.84. The lowest BCUT2D eigenvalue weighted by atomic mass is 9.78. The van der Waals surface area contributed by atoms with E-state index < -0.39 is 17.2 Å². The molecule has 2 fully saturated rings. The molecule has 2 aromatic rings. The van der Waals surface area contributed by atoms with Crippen molar-refractivity contribution in [2.45, 2.75) is 63.8 Å². The molecular formula is C25H27ClF3N3O2. The number of hydrogen-bond donors (Lipinski definition) is 2. The van der Waals surface area contributed by atoms with Crippen LogP contribution in [0.15, 0.2) is 30.5 Å². The molecular weight excluding hydrogens is 467 g/mol. The number of aromatic nitrogens is 1. The van der Waals surface area contributed by atoms with Crippen LogP contribution in [-0.2, 0) is 30.5 Å². The summed E-state index contributed by atoms with van der Waals surface area (Å²) < 4.78 is 39.5. The van der Waals surface area contributed by atoms with Gasteiger partial charge in [0.15, 0.2) is 0 Å². The summed E-state index contributed by atoms with van der Waals surface area (Å²) in [5.74, 6) is 0.466. The van der Waals surface area contributed by atoms with Gasteiger partial charge in [-0.05, 0) is 60.9 Å². The van der Waals surface area contributed by atoms with Crippen molar-refractivity contribution in [2.75, 3.05) is 6.54 Å². The number of phenols is 1. The Morgan fingerprint density at radius 3 is 2.91 bits per heavy atom. The molecule has 0 spiro atoms. The Kier molecular flexibility index (Phi) is 6.01. The van der Waals surface area contributed by atoms with E-state index >= 15 is 0 Å². The Labute approximate surface area is 201 Å². The molecule has 1 aromatic carbocycles. The second-order valence-corrected chi connectivity index (χ2v) is 10.3. The van der Waals surface area contributed by atoms with Crippen molar-refractivity contribution in [2.24, 2.45) is 11.3 Å². The highest BCUT2D eigenvalue weighted by Gasteiger charge is 2.56. The SMILES string of the molecule is O=C(N1CCc2ncc(C(F)(F)F)cc2C1)C12CCCC1CC(NCc1ccc(O)cc1Cl)C2. The van der Waals surface area contributed by atoms with Crippen molar-refractivity contribution < 1.29 is 23.1 Å². The fraction of sp³-hybridized carbons (Fsp3) is 0.520. The van der Waals surface area contributed by atoms with Crippen LogP contribution < -0.4 is 5.32 Å². The van der Waals surface area contributed by atoms with E-state index in [0.29, 0.717) is 35.8 Å². The van der Waals surface area contributed by atoms with Crippen LogP contribution in [0.1, 0.15) is 54.5 Å². The van der Waals surface area contributed by atoms with Gasteiger partial charge in [-0.2, -0.15) is 13.2 Å². The third kappa shape index (κ3) is 4.26. The van der Waals surface area contributed by atoms with Gasteiger partial charge < -0.3 is 15.3 Å². The van der Waals surface area contributed by atoms with Crippen LogP contribution in [0.2, 0.25) is 5.02 Å². The van der Waals surface area contributed by atoms with Crippen LogP contribution >= 0.6 is 11.6 Å². The molecule has 2 aliphatic carbocycles. The monoisotopic (exact) mass is 493 g/mol. The van der Waals surface area contributed by atoms with Gasteiger partial charge in [0.05, 0.1) is 11.0 Å². The molecule has 9 heteroatoms. The maximum atomic E-state index is 13.8. The van der Waals surface area contributed by atoms with Gasteiger partial charge in [-0.1, -0.05) is 24.1 Å². The second kappa shape index (κ2) is 8.72. The maximum absolute atomic E-state index is 13.8. The fourth-order valence-corrected chi connectivity index (χ4v) is 6.39. The van der Waals surface area contributed by atoms with Gasteiger partial charge in [-0.25, -0.2) is 0 Å². The third-order valence-electron chi connectivity index (χ3n) is 7.83. The number of nitrogens with one attached hydrogen (secondary N) is 1. The quantitative estimate of drug-likeness (QED) is 0.623. The first kappa shape index (κ1) is 23.4. The number of fused-ring (bicyclic) bond motifs is 2. The van der Waals surface area contributed by atoms with E-state index in [1.54, 1.807) is 17.0 Å². The molecule has 5 nitrogen and oxygen atoms in total. The number of halogens is 4. The van der Waals surface area contributed by atoms with Gasteiger partial charge in [0, 0.05) is 49.0 Å². The Morgan fingerprint density at radius 2 is 2.15 bits per heavy atom. The van der Waals surface area contributed by atoms with Crippen LogP contribution in [0.5, 0.6) is 5.75 Å². The van der Waals surface area contributed by atoms with Crippen LogP contribution in [-0.4, -0.2) is 33.5 Å². The minimum absolute atomic E-state index is 0.0741. The van der Waals surface area contributed by atoms with Crippen molar-refractivity contribution >= 4 is 17.5 Å². The molecule has 3 unspecified atom stereocenters. The summed E-state index contributed by atoms with van der Waals surface area (Å²) >= 11 is 6.23. The van der Waals surface area contributed by atoms with Gasteiger partial charge >= 0.3 is 6.18 Å². The molecule has 34 heavy (non-hydrogen) atoms. The molecule has 0 bridgehead atoms. The number of carbonyl (C=O) groups excluding carboxylic acids is 1. The highest BCUT2D eigenvalue weighted by molar-refractivity contribution is 6.31. The van der Waals surface area contributed by atoms with E-state index in [0.717, 1.165) is 49.9 Å². The van der Waals surface area contributed by atoms with Gasteiger partial charge in [0.2, 0.25) is 5.91 Å². The van der Waals surface area contributed by atoms with E-state index in [4.69, 9.17) is 11.6 Å². The van der Waals surface area contributed by atoms with Crippen LogP contribution in [0.3, 0.4) is 0 Å². The molecule has 2 saturated carbocycles. The van der Waals surface area contributed by atoms with E-state index in [1.165, 1.54) is 6.07 Å². The molecule has 2 N–H and O–H groups in total. The lowest BCUT2D eigenvalue weighted by molar-refractivity contribution is -0.144. The Hall–Kier alpha value is -2.32. The summed E-state index contributed by atoms with van der Waals surface area (Å²) in [7, 11) is 0. The maximum Gasteiger partial charge on any atom is 0.417 e. The number of aromatic hydroxyl groups is 1. The highest BCUT2D eigenvalue weighted by atomic mass is 35.5. The highest BCUT2D eigenvalue weighted by Crippen LogP contribution is 2.55. The van der Waals surface area contributed by atoms with Crippen molar-refractivity contribution in [1.29, 1.82) is 0 Å². The van der Waals surface area contributed by atoms with Crippen molar-refractivity contribution in [3.05, 3.63) is 57.9 Å². The summed E-state index contributed by atoms with van der Waals surface area (Å²) in [6.45, 7) is 1.21. The zero-order chi connectivity index (χ0) is 24.1. The molecule has 0 radical (unpaired) electrons. The molecule has 182 valence electrons. The topological polar surface area (TPSA) is 65.5 Å². The number of benzene rings is 1. The Balaban J connectivity index is 1.29. The molecule has 3 atom stereocenters. The minimum Gasteiger partial charge on any atom is -0.508 e. The van der Waals surface area contributed by atoms with E-state index in [2.05, 4.69) is 10.3 Å². The zero-order valence-corrected chi connectivity index (χ0v) is 19.4. The summed E-state index contributed by atoms with van der Waals surface area (Å²) in [4.78, 5) is 19.6. The number of nitrogens with zero attached hydrogens (tertiary/aromatic N) is 2. The molecule has 1 aliphatic heterocycles. The number of carbonyl (C=O) groups is 1. The summed E-state index contributed by atoms with van der Waals surface area (Å²) in [6.07, 6.45) is 1.33. The molecule has 5 rings (SSSR count). The lowest BCUT2D eigenvalue weighted by Gasteiger charge is -2.37. The van der Waals surface area contributed by atoms with Gasteiger partial charge in [-0.3, -0.25) is 9.78 Å². The summed E-state index contributed by atoms with van der Waals surface area (Å²) in [6, 6.07) is 6.21. The van der Waals surface area contributed by atoms with Gasteiger partial charge in [0.25, 0.3) is 0 Å². The first-order valence-corrected chi connectivity index (χ1v) is 12.1. The number of rotatable bonds is 4. The molecule has 1 amide bonds. The Bertz CT molecular complexity index is 1110. The number of pyridine rings is 1. The van der Waals surface area contributed by atoms with Crippen LogP contribution in [0.25, 0.3) is 0 Å². The van der Waals surface area contributed by atoms with Crippen LogP contribution in [0, 0.1) is 11.3 Å². The van der Waals surface area contributed by atoms with Gasteiger partial charge in [-0.15, -0.1) is 0 Å². The molecule has 2 heterocycles. The zero-order valence-electron chi connectivity index (χ0n) is 18.7. The average Bonchev–Trinajstić information content (AvgIpc) is 3.35. The van der Waals surface area contributed by atoms with Crippen molar-refractivity contribution in [3.8, 4) is 5.75 Å². The minimum atomic E-state index is -4.45. The predicted molar refractivity (Wildman–Crippen MR) is 121 cm³/mol. The first-order valence-electron chi connectivity index (χ1n) is 11.7. The number of hydrogen-bond acceptors (Lipinski definition) is 4. The fourth-order valence-electron chi connectivity index (χ4n) is 6.15. The van der Waals surface area contributed by atoms with Crippen molar-refractivity contribution in [3.63, 3.8) is 0 Å². The first-order chi connectivity index (χ1) is 16.2. The lowest BCUT2D eigenvalue weighted by Crippen LogP contribution is -2.46.